The second-order valence-corrected chi connectivity index (χ2v) is 6.95. The van der Waals surface area contributed by atoms with E-state index in [0.717, 1.165) is 0 Å². The van der Waals surface area contributed by atoms with Gasteiger partial charge in [0.15, 0.2) is 0 Å². The highest BCUT2D eigenvalue weighted by atomic mass is 16.3. The van der Waals surface area contributed by atoms with Gasteiger partial charge in [-0.15, -0.1) is 0 Å². The molecule has 0 bridgehead atoms. The summed E-state index contributed by atoms with van der Waals surface area (Å²) < 4.78 is 0. The van der Waals surface area contributed by atoms with Gasteiger partial charge in [0.05, 0.1) is 6.10 Å². The Labute approximate surface area is 145 Å². The lowest BCUT2D eigenvalue weighted by Gasteiger charge is -2.25. The van der Waals surface area contributed by atoms with Crippen LogP contribution in [0.15, 0.2) is 0 Å². The summed E-state index contributed by atoms with van der Waals surface area (Å²) in [6, 6.07) is -1.38. The van der Waals surface area contributed by atoms with E-state index in [1.165, 1.54) is 0 Å². The zero-order valence-corrected chi connectivity index (χ0v) is 15.7. The zero-order chi connectivity index (χ0) is 18.9. The van der Waals surface area contributed by atoms with Gasteiger partial charge in [0.1, 0.15) is 12.1 Å². The van der Waals surface area contributed by atoms with Crippen molar-refractivity contribution in [2.75, 3.05) is 6.54 Å². The van der Waals surface area contributed by atoms with Gasteiger partial charge in [-0.3, -0.25) is 14.4 Å². The highest BCUT2D eigenvalue weighted by Gasteiger charge is 2.28. The zero-order valence-electron chi connectivity index (χ0n) is 15.7. The Balaban J connectivity index is 4.78. The van der Waals surface area contributed by atoms with E-state index in [4.69, 9.17) is 0 Å². The number of hydrogen-bond donors (Lipinski definition) is 4. The summed E-state index contributed by atoms with van der Waals surface area (Å²) in [7, 11) is 0. The molecule has 0 rings (SSSR count). The molecule has 3 amide bonds. The third kappa shape index (κ3) is 8.86. The molecule has 0 aromatic carbocycles. The number of aliphatic hydroxyl groups is 1. The molecule has 24 heavy (non-hydrogen) atoms. The van der Waals surface area contributed by atoms with Gasteiger partial charge in [-0.05, 0) is 25.2 Å². The molecule has 0 spiro atoms. The van der Waals surface area contributed by atoms with Gasteiger partial charge in [0, 0.05) is 13.0 Å². The molecule has 0 radical (unpaired) electrons. The molecule has 0 heterocycles. The van der Waals surface area contributed by atoms with Crippen LogP contribution in [-0.2, 0) is 14.4 Å². The largest absolute Gasteiger partial charge is 0.392 e. The van der Waals surface area contributed by atoms with Crippen molar-refractivity contribution in [2.45, 2.75) is 72.6 Å². The van der Waals surface area contributed by atoms with Crippen LogP contribution in [0.2, 0.25) is 0 Å². The number of carbonyl (C=O) groups excluding carboxylic acids is 3. The fourth-order valence-electron chi connectivity index (χ4n) is 2.12. The molecule has 7 heteroatoms. The first-order chi connectivity index (χ1) is 11.1. The average Bonchev–Trinajstić information content (AvgIpc) is 2.46. The molecule has 0 aromatic heterocycles. The highest BCUT2D eigenvalue weighted by molar-refractivity contribution is 5.92. The summed E-state index contributed by atoms with van der Waals surface area (Å²) >= 11 is 0. The van der Waals surface area contributed by atoms with Gasteiger partial charge in [-0.25, -0.2) is 0 Å². The number of amides is 3. The van der Waals surface area contributed by atoms with Gasteiger partial charge in [0.2, 0.25) is 17.7 Å². The molecule has 0 aliphatic rings. The Hall–Kier alpha value is -1.63. The summed E-state index contributed by atoms with van der Waals surface area (Å²) in [6.07, 6.45) is 0.117. The van der Waals surface area contributed by atoms with Crippen LogP contribution < -0.4 is 16.0 Å². The van der Waals surface area contributed by atoms with E-state index in [9.17, 15) is 19.5 Å². The molecule has 7 nitrogen and oxygen atoms in total. The maximum atomic E-state index is 12.5. The van der Waals surface area contributed by atoms with Crippen LogP contribution in [0, 0.1) is 11.8 Å². The molecular formula is C17H33N3O4. The monoisotopic (exact) mass is 343 g/mol. The van der Waals surface area contributed by atoms with Crippen LogP contribution in [0.5, 0.6) is 0 Å². The standard InChI is InChI=1S/C17H33N3O4/c1-7-13(16(23)18-9-12(6)21)19-17(24)15(11(4)5)20-14(22)8-10(2)3/h10-13,15,21H,7-9H2,1-6H3,(H,18,23)(H,19,24)(H,20,22)/t12-,13-,15-/m0/s1. The van der Waals surface area contributed by atoms with E-state index in [0.29, 0.717) is 12.8 Å². The van der Waals surface area contributed by atoms with Crippen molar-refractivity contribution in [3.8, 4) is 0 Å². The van der Waals surface area contributed by atoms with Crippen molar-refractivity contribution in [1.82, 2.24) is 16.0 Å². The molecule has 3 atom stereocenters. The summed E-state index contributed by atoms with van der Waals surface area (Å²) in [4.78, 5) is 36.5. The highest BCUT2D eigenvalue weighted by Crippen LogP contribution is 2.06. The van der Waals surface area contributed by atoms with Crippen molar-refractivity contribution < 1.29 is 19.5 Å². The fourth-order valence-corrected chi connectivity index (χ4v) is 2.12. The smallest absolute Gasteiger partial charge is 0.243 e. The van der Waals surface area contributed by atoms with Gasteiger partial charge < -0.3 is 21.1 Å². The Morgan fingerprint density at radius 1 is 0.958 bits per heavy atom. The summed E-state index contributed by atoms with van der Waals surface area (Å²) in [5.41, 5.74) is 0. The van der Waals surface area contributed by atoms with Crippen molar-refractivity contribution in [3.63, 3.8) is 0 Å². The van der Waals surface area contributed by atoms with E-state index in [2.05, 4.69) is 16.0 Å². The second kappa shape index (κ2) is 11.0. The van der Waals surface area contributed by atoms with Gasteiger partial charge >= 0.3 is 0 Å². The lowest BCUT2D eigenvalue weighted by Crippen LogP contribution is -2.55. The molecule has 4 N–H and O–H groups in total. The summed E-state index contributed by atoms with van der Waals surface area (Å²) in [5.74, 6) is -0.788. The van der Waals surface area contributed by atoms with Crippen LogP contribution in [0.25, 0.3) is 0 Å². The van der Waals surface area contributed by atoms with E-state index in [1.54, 1.807) is 13.8 Å². The summed E-state index contributed by atoms with van der Waals surface area (Å²) in [5, 5.41) is 17.2. The van der Waals surface area contributed by atoms with Crippen LogP contribution in [0.4, 0.5) is 0 Å². The Bertz CT molecular complexity index is 422. The van der Waals surface area contributed by atoms with Crippen molar-refractivity contribution in [1.29, 1.82) is 0 Å². The van der Waals surface area contributed by atoms with Gasteiger partial charge in [0.25, 0.3) is 0 Å². The molecule has 0 saturated carbocycles. The molecule has 140 valence electrons. The van der Waals surface area contributed by atoms with Gasteiger partial charge in [-0.2, -0.15) is 0 Å². The first kappa shape index (κ1) is 22.4. The molecule has 0 aromatic rings. The predicted octanol–water partition coefficient (Wildman–Crippen LogP) is 0.565. The van der Waals surface area contributed by atoms with E-state index in [-0.39, 0.29) is 36.1 Å². The Morgan fingerprint density at radius 3 is 1.96 bits per heavy atom. The topological polar surface area (TPSA) is 108 Å². The van der Waals surface area contributed by atoms with Crippen LogP contribution in [0.3, 0.4) is 0 Å². The molecule has 0 unspecified atom stereocenters. The second-order valence-electron chi connectivity index (χ2n) is 6.95. The summed E-state index contributed by atoms with van der Waals surface area (Å²) in [6.45, 7) is 11.0. The quantitative estimate of drug-likeness (QED) is 0.465. The number of rotatable bonds is 10. The minimum absolute atomic E-state index is 0.0980. The number of hydrogen-bond acceptors (Lipinski definition) is 4. The first-order valence-corrected chi connectivity index (χ1v) is 8.63. The SMILES string of the molecule is CC[C@H](NC(=O)[C@@H](NC(=O)CC(C)C)C(C)C)C(=O)NC[C@H](C)O. The number of nitrogens with one attached hydrogen (secondary N) is 3. The van der Waals surface area contributed by atoms with E-state index >= 15 is 0 Å². The molecule has 0 aliphatic carbocycles. The molecule has 0 saturated heterocycles. The predicted molar refractivity (Wildman–Crippen MR) is 93.1 cm³/mol. The Kier molecular flexibility index (Phi) is 10.3. The Morgan fingerprint density at radius 2 is 1.54 bits per heavy atom. The van der Waals surface area contributed by atoms with Crippen molar-refractivity contribution >= 4 is 17.7 Å². The van der Waals surface area contributed by atoms with E-state index < -0.39 is 18.2 Å². The fraction of sp³-hybridized carbons (Fsp3) is 0.824. The lowest BCUT2D eigenvalue weighted by atomic mass is 10.0. The maximum absolute atomic E-state index is 12.5. The molecule has 0 fully saturated rings. The third-order valence-electron chi connectivity index (χ3n) is 3.47. The van der Waals surface area contributed by atoms with Crippen molar-refractivity contribution in [3.05, 3.63) is 0 Å². The van der Waals surface area contributed by atoms with Gasteiger partial charge in [-0.1, -0.05) is 34.6 Å². The van der Waals surface area contributed by atoms with E-state index in [1.807, 2.05) is 27.7 Å². The minimum Gasteiger partial charge on any atom is -0.392 e. The first-order valence-electron chi connectivity index (χ1n) is 8.63. The lowest BCUT2D eigenvalue weighted by molar-refractivity contribution is -0.133. The maximum Gasteiger partial charge on any atom is 0.243 e. The normalized spacial score (nSPS) is 14.9. The minimum atomic E-state index is -0.695. The number of aliphatic hydroxyl groups excluding tert-OH is 1. The number of carbonyl (C=O) groups is 3. The van der Waals surface area contributed by atoms with Crippen LogP contribution in [-0.4, -0.2) is 47.6 Å². The van der Waals surface area contributed by atoms with Crippen LogP contribution in [0.1, 0.15) is 54.4 Å². The molecule has 0 aliphatic heterocycles. The third-order valence-corrected chi connectivity index (χ3v) is 3.47. The molecular weight excluding hydrogens is 310 g/mol. The van der Waals surface area contributed by atoms with Crippen molar-refractivity contribution in [2.24, 2.45) is 11.8 Å². The van der Waals surface area contributed by atoms with Crippen LogP contribution >= 0.6 is 0 Å². The average molecular weight is 343 g/mol.